The Morgan fingerprint density at radius 2 is 1.89 bits per heavy atom. The lowest BCUT2D eigenvalue weighted by Crippen LogP contribution is -2.51. The van der Waals surface area contributed by atoms with Gasteiger partial charge in [-0.05, 0) is 49.9 Å². The predicted molar refractivity (Wildman–Crippen MR) is 101 cm³/mol. The predicted octanol–water partition coefficient (Wildman–Crippen LogP) is 3.99. The van der Waals surface area contributed by atoms with Crippen molar-refractivity contribution >= 4 is 11.9 Å². The summed E-state index contributed by atoms with van der Waals surface area (Å²) in [5.74, 6) is -2.00. The van der Waals surface area contributed by atoms with Crippen LogP contribution in [0.2, 0.25) is 0 Å². The molecule has 0 spiro atoms. The Bertz CT molecular complexity index is 856. The summed E-state index contributed by atoms with van der Waals surface area (Å²) in [4.78, 5) is 27.4. The molecule has 0 N–H and O–H groups in total. The monoisotopic (exact) mass is 387 g/mol. The highest BCUT2D eigenvalue weighted by atomic mass is 19.1. The van der Waals surface area contributed by atoms with Gasteiger partial charge >= 0.3 is 5.97 Å². The fourth-order valence-corrected chi connectivity index (χ4v) is 3.77. The largest absolute Gasteiger partial charge is 0.466 e. The van der Waals surface area contributed by atoms with Crippen molar-refractivity contribution < 1.29 is 23.1 Å². The highest BCUT2D eigenvalue weighted by Gasteiger charge is 2.45. The van der Waals surface area contributed by atoms with Gasteiger partial charge in [0.25, 0.3) is 5.91 Å². The minimum absolute atomic E-state index is 0.0521. The summed E-state index contributed by atoms with van der Waals surface area (Å²) in [6, 6.07) is 12.2. The zero-order valence-corrected chi connectivity index (χ0v) is 15.8. The van der Waals surface area contributed by atoms with Gasteiger partial charge in [0.15, 0.2) is 0 Å². The average Bonchev–Trinajstić information content (AvgIpc) is 2.70. The van der Waals surface area contributed by atoms with Gasteiger partial charge in [-0.2, -0.15) is 0 Å². The molecule has 1 atom stereocenters. The minimum Gasteiger partial charge on any atom is -0.466 e. The number of likely N-dealkylation sites (tertiary alicyclic amines) is 1. The number of carbonyl (C=O) groups excluding carboxylic acids is 2. The molecule has 0 bridgehead atoms. The van der Waals surface area contributed by atoms with Crippen LogP contribution in [0.15, 0.2) is 48.5 Å². The van der Waals surface area contributed by atoms with E-state index in [1.807, 2.05) is 6.07 Å². The molecular formula is C22H23F2NO3. The van der Waals surface area contributed by atoms with Crippen molar-refractivity contribution in [2.75, 3.05) is 19.7 Å². The molecule has 1 aliphatic rings. The standard InChI is InChI=1S/C22H23F2NO3/c1-2-28-21(27)22(14-17-9-10-18(23)13-19(17)24)11-6-12-25(15-22)20(26)16-7-4-3-5-8-16/h3-5,7-10,13H,2,6,11-12,14-15H2,1H3. The van der Waals surface area contributed by atoms with Crippen LogP contribution in [0.3, 0.4) is 0 Å². The van der Waals surface area contributed by atoms with E-state index in [9.17, 15) is 18.4 Å². The van der Waals surface area contributed by atoms with E-state index in [1.54, 1.807) is 36.1 Å². The Kier molecular flexibility index (Phi) is 6.07. The molecule has 2 aromatic carbocycles. The molecule has 4 nitrogen and oxygen atoms in total. The molecule has 1 saturated heterocycles. The normalized spacial score (nSPS) is 19.3. The van der Waals surface area contributed by atoms with Crippen LogP contribution in [0, 0.1) is 17.0 Å². The van der Waals surface area contributed by atoms with Gasteiger partial charge in [-0.15, -0.1) is 0 Å². The van der Waals surface area contributed by atoms with Gasteiger partial charge in [0, 0.05) is 24.7 Å². The number of ether oxygens (including phenoxy) is 1. The molecule has 0 aromatic heterocycles. The number of rotatable bonds is 5. The van der Waals surface area contributed by atoms with Gasteiger partial charge in [0.1, 0.15) is 11.6 Å². The molecule has 0 radical (unpaired) electrons. The maximum Gasteiger partial charge on any atom is 0.314 e. The second-order valence-electron chi connectivity index (χ2n) is 7.11. The fraction of sp³-hybridized carbons (Fsp3) is 0.364. The lowest BCUT2D eigenvalue weighted by atomic mass is 9.74. The maximum absolute atomic E-state index is 14.3. The highest BCUT2D eigenvalue weighted by Crippen LogP contribution is 2.36. The number of amides is 1. The topological polar surface area (TPSA) is 46.6 Å². The Labute approximate surface area is 163 Å². The smallest absolute Gasteiger partial charge is 0.314 e. The first-order chi connectivity index (χ1) is 13.4. The number of piperidine rings is 1. The summed E-state index contributed by atoms with van der Waals surface area (Å²) in [7, 11) is 0. The number of halogens is 2. The molecule has 3 rings (SSSR count). The van der Waals surface area contributed by atoms with Gasteiger partial charge in [0.05, 0.1) is 12.0 Å². The van der Waals surface area contributed by atoms with E-state index in [2.05, 4.69) is 0 Å². The van der Waals surface area contributed by atoms with Gasteiger partial charge < -0.3 is 9.64 Å². The zero-order valence-electron chi connectivity index (χ0n) is 15.8. The molecular weight excluding hydrogens is 364 g/mol. The summed E-state index contributed by atoms with van der Waals surface area (Å²) >= 11 is 0. The molecule has 0 saturated carbocycles. The Balaban J connectivity index is 1.90. The van der Waals surface area contributed by atoms with Crippen LogP contribution >= 0.6 is 0 Å². The maximum atomic E-state index is 14.3. The number of hydrogen-bond donors (Lipinski definition) is 0. The lowest BCUT2D eigenvalue weighted by molar-refractivity contribution is -0.158. The summed E-state index contributed by atoms with van der Waals surface area (Å²) in [6.45, 7) is 2.55. The van der Waals surface area contributed by atoms with Crippen LogP contribution in [-0.4, -0.2) is 36.5 Å². The second-order valence-corrected chi connectivity index (χ2v) is 7.11. The first-order valence-electron chi connectivity index (χ1n) is 9.41. The molecule has 1 fully saturated rings. The molecule has 2 aromatic rings. The van der Waals surface area contributed by atoms with Gasteiger partial charge in [-0.1, -0.05) is 24.3 Å². The zero-order chi connectivity index (χ0) is 20.1. The summed E-state index contributed by atoms with van der Waals surface area (Å²) < 4.78 is 32.8. The summed E-state index contributed by atoms with van der Waals surface area (Å²) in [6.07, 6.45) is 1.12. The van der Waals surface area contributed by atoms with E-state index in [4.69, 9.17) is 4.74 Å². The number of nitrogens with zero attached hydrogens (tertiary/aromatic N) is 1. The third-order valence-electron chi connectivity index (χ3n) is 5.14. The molecule has 1 heterocycles. The Morgan fingerprint density at radius 1 is 1.14 bits per heavy atom. The molecule has 6 heteroatoms. The van der Waals surface area contributed by atoms with Crippen molar-refractivity contribution in [1.29, 1.82) is 0 Å². The Morgan fingerprint density at radius 3 is 2.57 bits per heavy atom. The van der Waals surface area contributed by atoms with E-state index in [0.717, 1.165) is 6.07 Å². The SMILES string of the molecule is CCOC(=O)C1(Cc2ccc(F)cc2F)CCCN(C(=O)c2ccccc2)C1. The third-order valence-corrected chi connectivity index (χ3v) is 5.14. The lowest BCUT2D eigenvalue weighted by Gasteiger charge is -2.41. The van der Waals surface area contributed by atoms with Crippen molar-refractivity contribution in [1.82, 2.24) is 4.90 Å². The first kappa shape index (κ1) is 20.0. The molecule has 1 unspecified atom stereocenters. The van der Waals surface area contributed by atoms with E-state index >= 15 is 0 Å². The van der Waals surface area contributed by atoms with Gasteiger partial charge in [0.2, 0.25) is 0 Å². The number of carbonyl (C=O) groups is 2. The van der Waals surface area contributed by atoms with Gasteiger partial charge in [-0.3, -0.25) is 9.59 Å². The van der Waals surface area contributed by atoms with Crippen LogP contribution < -0.4 is 0 Å². The molecule has 0 aliphatic carbocycles. The van der Waals surface area contributed by atoms with Gasteiger partial charge in [-0.25, -0.2) is 8.78 Å². The van der Waals surface area contributed by atoms with E-state index in [-0.39, 0.29) is 31.0 Å². The van der Waals surface area contributed by atoms with E-state index < -0.39 is 23.0 Å². The molecule has 28 heavy (non-hydrogen) atoms. The Hall–Kier alpha value is -2.76. The third kappa shape index (κ3) is 4.21. The fourth-order valence-electron chi connectivity index (χ4n) is 3.77. The minimum atomic E-state index is -1.06. The highest BCUT2D eigenvalue weighted by molar-refractivity contribution is 5.94. The average molecular weight is 387 g/mol. The van der Waals surface area contributed by atoms with Crippen molar-refractivity contribution in [2.45, 2.75) is 26.2 Å². The van der Waals surface area contributed by atoms with E-state index in [0.29, 0.717) is 24.9 Å². The van der Waals surface area contributed by atoms with Crippen LogP contribution in [0.4, 0.5) is 8.78 Å². The van der Waals surface area contributed by atoms with Crippen LogP contribution in [0.5, 0.6) is 0 Å². The molecule has 1 aliphatic heterocycles. The van der Waals surface area contributed by atoms with Crippen molar-refractivity contribution in [3.05, 3.63) is 71.3 Å². The number of hydrogen-bond acceptors (Lipinski definition) is 3. The van der Waals surface area contributed by atoms with Crippen LogP contribution in [0.1, 0.15) is 35.7 Å². The van der Waals surface area contributed by atoms with Crippen LogP contribution in [-0.2, 0) is 16.0 Å². The van der Waals surface area contributed by atoms with Crippen molar-refractivity contribution in [3.63, 3.8) is 0 Å². The quantitative estimate of drug-likeness (QED) is 0.729. The summed E-state index contributed by atoms with van der Waals surface area (Å²) in [5.41, 5.74) is -0.282. The first-order valence-corrected chi connectivity index (χ1v) is 9.41. The number of benzene rings is 2. The van der Waals surface area contributed by atoms with Crippen LogP contribution in [0.25, 0.3) is 0 Å². The second kappa shape index (κ2) is 8.50. The van der Waals surface area contributed by atoms with Crippen molar-refractivity contribution in [2.24, 2.45) is 5.41 Å². The molecule has 148 valence electrons. The van der Waals surface area contributed by atoms with E-state index in [1.165, 1.54) is 12.1 Å². The van der Waals surface area contributed by atoms with Crippen molar-refractivity contribution in [3.8, 4) is 0 Å². The summed E-state index contributed by atoms with van der Waals surface area (Å²) in [5, 5.41) is 0. The number of esters is 1. The molecule has 1 amide bonds.